The van der Waals surface area contributed by atoms with Gasteiger partial charge < -0.3 is 19.3 Å². The summed E-state index contributed by atoms with van der Waals surface area (Å²) in [5, 5.41) is 10.5. The molecule has 0 aliphatic carbocycles. The molecule has 3 aromatic rings. The average molecular weight is 474 g/mol. The molecule has 2 aromatic heterocycles. The van der Waals surface area contributed by atoms with Gasteiger partial charge in [-0.1, -0.05) is 17.7 Å². The van der Waals surface area contributed by atoms with Crippen molar-refractivity contribution < 1.29 is 23.8 Å². The molecule has 9 heteroatoms. The molecule has 1 aliphatic heterocycles. The fourth-order valence-electron chi connectivity index (χ4n) is 4.01. The van der Waals surface area contributed by atoms with E-state index >= 15 is 0 Å². The number of benzene rings is 1. The van der Waals surface area contributed by atoms with E-state index in [1.807, 2.05) is 16.7 Å². The van der Waals surface area contributed by atoms with Gasteiger partial charge >= 0.3 is 5.97 Å². The summed E-state index contributed by atoms with van der Waals surface area (Å²) >= 11 is 5.90. The Morgan fingerprint density at radius 1 is 1.30 bits per heavy atom. The van der Waals surface area contributed by atoms with E-state index in [1.165, 1.54) is 6.07 Å². The molecule has 0 bridgehead atoms. The smallest absolute Gasteiger partial charge is 0.311 e. The van der Waals surface area contributed by atoms with E-state index in [0.29, 0.717) is 30.1 Å². The Hall–Kier alpha value is -2.97. The Kier molecular flexibility index (Phi) is 6.41. The second-order valence-electron chi connectivity index (χ2n) is 8.87. The molecule has 0 saturated carbocycles. The third kappa shape index (κ3) is 4.72. The number of carboxylic acid groups (broad SMARTS) is 1. The van der Waals surface area contributed by atoms with Gasteiger partial charge in [0.1, 0.15) is 18.1 Å². The zero-order chi connectivity index (χ0) is 23.8. The molecule has 3 heterocycles. The zero-order valence-electron chi connectivity index (χ0n) is 18.5. The minimum Gasteiger partial charge on any atom is -0.481 e. The first-order valence-corrected chi connectivity index (χ1v) is 11.0. The van der Waals surface area contributed by atoms with Gasteiger partial charge in [0.05, 0.1) is 25.1 Å². The monoisotopic (exact) mass is 473 g/mol. The van der Waals surface area contributed by atoms with Gasteiger partial charge in [-0.25, -0.2) is 9.37 Å². The summed E-state index contributed by atoms with van der Waals surface area (Å²) in [5.41, 5.74) is 2.15. The van der Waals surface area contributed by atoms with E-state index in [-0.39, 0.29) is 25.7 Å². The molecular weight excluding hydrogens is 449 g/mol. The first-order chi connectivity index (χ1) is 15.7. The maximum absolute atomic E-state index is 14.5. The number of aliphatic carboxylic acids is 1. The highest BCUT2D eigenvalue weighted by molar-refractivity contribution is 6.30. The molecule has 1 aliphatic rings. The van der Waals surface area contributed by atoms with Gasteiger partial charge in [-0.2, -0.15) is 0 Å². The number of carboxylic acids is 1. The molecule has 0 unspecified atom stereocenters. The van der Waals surface area contributed by atoms with E-state index in [4.69, 9.17) is 16.3 Å². The summed E-state index contributed by atoms with van der Waals surface area (Å²) in [6.07, 6.45) is 2.34. The zero-order valence-corrected chi connectivity index (χ0v) is 19.2. The van der Waals surface area contributed by atoms with Crippen molar-refractivity contribution in [2.75, 3.05) is 19.8 Å². The average Bonchev–Trinajstić information content (AvgIpc) is 3.08. The van der Waals surface area contributed by atoms with Crippen LogP contribution in [0.3, 0.4) is 0 Å². The topological polar surface area (TPSA) is 84.7 Å². The standard InChI is InChI=1S/C24H25ClFN3O4/c1-24(2,23(31)32)14-33-13-21(30)28-9-7-17-18-4-3-8-27-22(18)29(20(17)12-28)11-15-5-6-16(25)10-19(15)26/h3-6,8,10H,7,9,11-14H2,1-2H3,(H,31,32). The lowest BCUT2D eigenvalue weighted by Gasteiger charge is -2.29. The molecule has 0 radical (unpaired) electrons. The summed E-state index contributed by atoms with van der Waals surface area (Å²) in [4.78, 5) is 30.2. The fraction of sp³-hybridized carbons (Fsp3) is 0.375. The summed E-state index contributed by atoms with van der Waals surface area (Å²) in [5.74, 6) is -1.60. The molecule has 0 atom stereocenters. The second kappa shape index (κ2) is 9.11. The Labute approximate surface area is 195 Å². The first kappa shape index (κ1) is 23.2. The summed E-state index contributed by atoms with van der Waals surface area (Å²) in [7, 11) is 0. The number of pyridine rings is 1. The molecule has 7 nitrogen and oxygen atoms in total. The number of halogens is 2. The van der Waals surface area contributed by atoms with Gasteiger partial charge in [0.15, 0.2) is 0 Å². The van der Waals surface area contributed by atoms with Gasteiger partial charge in [0.2, 0.25) is 5.91 Å². The number of rotatable bonds is 7. The van der Waals surface area contributed by atoms with E-state index in [2.05, 4.69) is 4.98 Å². The van der Waals surface area contributed by atoms with Gasteiger partial charge in [-0.3, -0.25) is 9.59 Å². The molecule has 174 valence electrons. The number of fused-ring (bicyclic) bond motifs is 3. The van der Waals surface area contributed by atoms with Crippen LogP contribution in [0.4, 0.5) is 4.39 Å². The highest BCUT2D eigenvalue weighted by Crippen LogP contribution is 2.31. The van der Waals surface area contributed by atoms with Crippen molar-refractivity contribution in [1.29, 1.82) is 0 Å². The van der Waals surface area contributed by atoms with Gasteiger partial charge in [-0.15, -0.1) is 0 Å². The van der Waals surface area contributed by atoms with Crippen molar-refractivity contribution in [2.45, 2.75) is 33.4 Å². The van der Waals surface area contributed by atoms with Crippen molar-refractivity contribution in [3.05, 3.63) is 64.2 Å². The van der Waals surface area contributed by atoms with E-state index in [0.717, 1.165) is 22.3 Å². The molecule has 0 spiro atoms. The maximum atomic E-state index is 14.5. The molecule has 1 aromatic carbocycles. The van der Waals surface area contributed by atoms with Crippen LogP contribution in [0.25, 0.3) is 11.0 Å². The highest BCUT2D eigenvalue weighted by atomic mass is 35.5. The molecule has 0 saturated heterocycles. The number of hydrogen-bond donors (Lipinski definition) is 1. The lowest BCUT2D eigenvalue weighted by atomic mass is 9.95. The number of aromatic nitrogens is 2. The lowest BCUT2D eigenvalue weighted by Crippen LogP contribution is -2.40. The van der Waals surface area contributed by atoms with Crippen LogP contribution in [0.2, 0.25) is 5.02 Å². The minimum atomic E-state index is -1.07. The van der Waals surface area contributed by atoms with Crippen LogP contribution >= 0.6 is 11.6 Å². The number of carbonyl (C=O) groups is 2. The van der Waals surface area contributed by atoms with Gasteiger partial charge in [-0.05, 0) is 50.1 Å². The number of nitrogens with zero attached hydrogens (tertiary/aromatic N) is 3. The van der Waals surface area contributed by atoms with E-state index < -0.39 is 17.2 Å². The van der Waals surface area contributed by atoms with Crippen molar-refractivity contribution in [2.24, 2.45) is 5.41 Å². The van der Waals surface area contributed by atoms with Crippen LogP contribution in [0.15, 0.2) is 36.5 Å². The van der Waals surface area contributed by atoms with E-state index in [9.17, 15) is 19.1 Å². The third-order valence-electron chi connectivity index (χ3n) is 5.98. The molecule has 1 amide bonds. The van der Waals surface area contributed by atoms with E-state index in [1.54, 1.807) is 37.1 Å². The Balaban J connectivity index is 1.57. The molecule has 0 fully saturated rings. The predicted molar refractivity (Wildman–Crippen MR) is 122 cm³/mol. The maximum Gasteiger partial charge on any atom is 0.311 e. The Morgan fingerprint density at radius 2 is 2.09 bits per heavy atom. The van der Waals surface area contributed by atoms with Crippen LogP contribution in [0.5, 0.6) is 0 Å². The number of hydrogen-bond acceptors (Lipinski definition) is 4. The van der Waals surface area contributed by atoms with Gasteiger partial charge in [0.25, 0.3) is 0 Å². The second-order valence-corrected chi connectivity index (χ2v) is 9.31. The van der Waals surface area contributed by atoms with Crippen LogP contribution in [0, 0.1) is 11.2 Å². The molecule has 33 heavy (non-hydrogen) atoms. The Morgan fingerprint density at radius 3 is 2.82 bits per heavy atom. The van der Waals surface area contributed by atoms with Gasteiger partial charge in [0, 0.05) is 34.4 Å². The highest BCUT2D eigenvalue weighted by Gasteiger charge is 2.30. The van der Waals surface area contributed by atoms with Crippen molar-refractivity contribution in [3.63, 3.8) is 0 Å². The fourth-order valence-corrected chi connectivity index (χ4v) is 4.17. The quantitative estimate of drug-likeness (QED) is 0.562. The predicted octanol–water partition coefficient (Wildman–Crippen LogP) is 3.89. The van der Waals surface area contributed by atoms with Crippen LogP contribution in [-0.4, -0.2) is 51.2 Å². The molecule has 1 N–H and O–H groups in total. The number of amides is 1. The molecule has 4 rings (SSSR count). The summed E-state index contributed by atoms with van der Waals surface area (Å²) in [6, 6.07) is 8.45. The normalized spacial score (nSPS) is 13.9. The number of ether oxygens (including phenoxy) is 1. The van der Waals surface area contributed by atoms with Crippen molar-refractivity contribution in [3.8, 4) is 0 Å². The van der Waals surface area contributed by atoms with Crippen LogP contribution < -0.4 is 0 Å². The summed E-state index contributed by atoms with van der Waals surface area (Å²) in [6.45, 7) is 3.95. The van der Waals surface area contributed by atoms with Crippen LogP contribution in [0.1, 0.15) is 30.7 Å². The SMILES string of the molecule is CC(C)(COCC(=O)N1CCc2c(n(Cc3ccc(Cl)cc3F)c3ncccc23)C1)C(=O)O. The van der Waals surface area contributed by atoms with Crippen LogP contribution in [-0.2, 0) is 33.8 Å². The Bertz CT molecular complexity index is 1220. The summed E-state index contributed by atoms with van der Waals surface area (Å²) < 4.78 is 21.9. The number of carbonyl (C=O) groups excluding carboxylic acids is 1. The minimum absolute atomic E-state index is 0.0623. The third-order valence-corrected chi connectivity index (χ3v) is 6.21. The lowest BCUT2D eigenvalue weighted by molar-refractivity contribution is -0.153. The molecular formula is C24H25ClFN3O4. The first-order valence-electron chi connectivity index (χ1n) is 10.6. The van der Waals surface area contributed by atoms with Crippen molar-refractivity contribution in [1.82, 2.24) is 14.5 Å². The van der Waals surface area contributed by atoms with Crippen molar-refractivity contribution >= 4 is 34.5 Å². The largest absolute Gasteiger partial charge is 0.481 e.